The van der Waals surface area contributed by atoms with E-state index in [0.29, 0.717) is 28.6 Å². The van der Waals surface area contributed by atoms with E-state index in [1.54, 1.807) is 30.3 Å². The van der Waals surface area contributed by atoms with Crippen LogP contribution in [0.3, 0.4) is 0 Å². The second-order valence-corrected chi connectivity index (χ2v) is 6.30. The first-order valence-electron chi connectivity index (χ1n) is 8.34. The number of anilines is 1. The highest BCUT2D eigenvalue weighted by molar-refractivity contribution is 6.06. The number of nitrogens with zero attached hydrogens (tertiary/aromatic N) is 2. The summed E-state index contributed by atoms with van der Waals surface area (Å²) < 4.78 is 0. The number of aromatic nitrogens is 3. The second-order valence-electron chi connectivity index (χ2n) is 6.30. The van der Waals surface area contributed by atoms with Crippen LogP contribution in [0.1, 0.15) is 45.3 Å². The molecular formula is C19H17N5O2. The molecule has 1 aliphatic rings. The van der Waals surface area contributed by atoms with Crippen LogP contribution in [0.2, 0.25) is 0 Å². The number of amides is 2. The van der Waals surface area contributed by atoms with Gasteiger partial charge >= 0.3 is 0 Å². The number of benzene rings is 2. The summed E-state index contributed by atoms with van der Waals surface area (Å²) in [5.41, 5.74) is 7.43. The normalized spacial score (nSPS) is 13.4. The summed E-state index contributed by atoms with van der Waals surface area (Å²) >= 11 is 0. The number of nitrogens with two attached hydrogens (primary N) is 1. The molecule has 1 aliphatic carbocycles. The Morgan fingerprint density at radius 1 is 1.08 bits per heavy atom. The van der Waals surface area contributed by atoms with Crippen LogP contribution in [0.4, 0.5) is 5.69 Å². The molecule has 1 aromatic heterocycles. The summed E-state index contributed by atoms with van der Waals surface area (Å²) in [6, 6.07) is 13.6. The van der Waals surface area contributed by atoms with Crippen LogP contribution in [-0.4, -0.2) is 27.0 Å². The lowest BCUT2D eigenvalue weighted by atomic mass is 10.1. The Hall–Kier alpha value is -3.48. The molecule has 26 heavy (non-hydrogen) atoms. The lowest BCUT2D eigenvalue weighted by Gasteiger charge is -2.06. The fourth-order valence-electron chi connectivity index (χ4n) is 2.66. The molecule has 130 valence electrons. The fraction of sp³-hybridized carbons (Fsp3) is 0.158. The first-order valence-corrected chi connectivity index (χ1v) is 8.34. The zero-order valence-corrected chi connectivity index (χ0v) is 13.9. The topological polar surface area (TPSA) is 114 Å². The Morgan fingerprint density at radius 2 is 1.81 bits per heavy atom. The van der Waals surface area contributed by atoms with Gasteiger partial charge in [-0.1, -0.05) is 6.07 Å². The molecule has 1 saturated carbocycles. The third kappa shape index (κ3) is 3.32. The highest BCUT2D eigenvalue weighted by Crippen LogP contribution is 2.38. The Balaban J connectivity index is 1.47. The molecule has 1 heterocycles. The van der Waals surface area contributed by atoms with Crippen molar-refractivity contribution in [3.05, 3.63) is 65.5 Å². The van der Waals surface area contributed by atoms with Crippen molar-refractivity contribution in [1.29, 1.82) is 0 Å². The molecule has 2 aromatic carbocycles. The van der Waals surface area contributed by atoms with Crippen molar-refractivity contribution in [3.8, 4) is 11.4 Å². The first kappa shape index (κ1) is 16.0. The van der Waals surface area contributed by atoms with Gasteiger partial charge in [0.2, 0.25) is 5.91 Å². The number of hydrogen-bond acceptors (Lipinski definition) is 4. The van der Waals surface area contributed by atoms with Gasteiger partial charge in [-0.3, -0.25) is 14.7 Å². The van der Waals surface area contributed by atoms with Crippen LogP contribution < -0.4 is 11.1 Å². The number of primary amides is 1. The summed E-state index contributed by atoms with van der Waals surface area (Å²) in [4.78, 5) is 28.1. The molecule has 7 nitrogen and oxygen atoms in total. The van der Waals surface area contributed by atoms with E-state index in [9.17, 15) is 9.59 Å². The first-order chi connectivity index (χ1) is 12.6. The average Bonchev–Trinajstić information content (AvgIpc) is 3.39. The summed E-state index contributed by atoms with van der Waals surface area (Å²) in [7, 11) is 0. The van der Waals surface area contributed by atoms with E-state index in [0.717, 1.165) is 24.2 Å². The minimum Gasteiger partial charge on any atom is -0.366 e. The average molecular weight is 347 g/mol. The zero-order valence-electron chi connectivity index (χ0n) is 13.9. The largest absolute Gasteiger partial charge is 0.366 e. The molecule has 0 unspecified atom stereocenters. The van der Waals surface area contributed by atoms with Crippen molar-refractivity contribution in [2.24, 2.45) is 5.73 Å². The summed E-state index contributed by atoms with van der Waals surface area (Å²) in [5, 5.41) is 10.0. The van der Waals surface area contributed by atoms with Crippen LogP contribution in [0.15, 0.2) is 48.5 Å². The molecule has 0 spiro atoms. The number of nitrogens with one attached hydrogen (secondary N) is 2. The van der Waals surface area contributed by atoms with E-state index in [-0.39, 0.29) is 5.91 Å². The standard InChI is InChI=1S/C19H17N5O2/c20-16(25)13-2-1-3-14(10-13)19(26)21-15-8-6-12(7-9-15)18-22-17(23-24-18)11-4-5-11/h1-3,6-11H,4-5H2,(H2,20,25)(H,21,26)(H,22,23,24). The third-order valence-corrected chi connectivity index (χ3v) is 4.28. The fourth-order valence-corrected chi connectivity index (χ4v) is 2.66. The van der Waals surface area contributed by atoms with Crippen molar-refractivity contribution < 1.29 is 9.59 Å². The Kier molecular flexibility index (Phi) is 3.96. The molecule has 0 saturated heterocycles. The minimum atomic E-state index is -0.568. The van der Waals surface area contributed by atoms with E-state index in [1.807, 2.05) is 12.1 Å². The van der Waals surface area contributed by atoms with Gasteiger partial charge in [0.1, 0.15) is 5.82 Å². The van der Waals surface area contributed by atoms with Gasteiger partial charge in [0.05, 0.1) is 0 Å². The molecule has 4 N–H and O–H groups in total. The van der Waals surface area contributed by atoms with Crippen LogP contribution in [0.25, 0.3) is 11.4 Å². The van der Waals surface area contributed by atoms with Gasteiger partial charge < -0.3 is 11.1 Å². The highest BCUT2D eigenvalue weighted by atomic mass is 16.2. The molecule has 2 amide bonds. The predicted molar refractivity (Wildman–Crippen MR) is 96.7 cm³/mol. The van der Waals surface area contributed by atoms with Crippen molar-refractivity contribution in [1.82, 2.24) is 15.2 Å². The molecule has 7 heteroatoms. The lowest BCUT2D eigenvalue weighted by Crippen LogP contribution is -2.15. The van der Waals surface area contributed by atoms with Gasteiger partial charge in [-0.05, 0) is 55.3 Å². The quantitative estimate of drug-likeness (QED) is 0.658. The Bertz CT molecular complexity index is 974. The zero-order chi connectivity index (χ0) is 18.1. The van der Waals surface area contributed by atoms with Crippen molar-refractivity contribution in [2.45, 2.75) is 18.8 Å². The summed E-state index contributed by atoms with van der Waals surface area (Å²) in [6.07, 6.45) is 2.33. The number of rotatable bonds is 5. The van der Waals surface area contributed by atoms with Crippen LogP contribution in [0.5, 0.6) is 0 Å². The molecule has 0 atom stereocenters. The molecule has 0 bridgehead atoms. The van der Waals surface area contributed by atoms with Crippen LogP contribution in [-0.2, 0) is 0 Å². The molecule has 3 aromatic rings. The molecule has 4 rings (SSSR count). The highest BCUT2D eigenvalue weighted by Gasteiger charge is 2.27. The van der Waals surface area contributed by atoms with Crippen molar-refractivity contribution in [2.75, 3.05) is 5.32 Å². The number of aromatic amines is 1. The van der Waals surface area contributed by atoms with E-state index in [2.05, 4.69) is 20.5 Å². The summed E-state index contributed by atoms with van der Waals surface area (Å²) in [6.45, 7) is 0. The Morgan fingerprint density at radius 3 is 2.50 bits per heavy atom. The van der Waals surface area contributed by atoms with Gasteiger partial charge in [-0.25, -0.2) is 4.98 Å². The van der Waals surface area contributed by atoms with E-state index < -0.39 is 5.91 Å². The maximum atomic E-state index is 12.3. The SMILES string of the molecule is NC(=O)c1cccc(C(=O)Nc2ccc(-c3n[nH]c(C4CC4)n3)cc2)c1. The van der Waals surface area contributed by atoms with Gasteiger partial charge in [-0.15, -0.1) is 0 Å². The second kappa shape index (κ2) is 6.44. The predicted octanol–water partition coefficient (Wildman–Crippen LogP) is 2.70. The molecule has 1 fully saturated rings. The van der Waals surface area contributed by atoms with Crippen LogP contribution >= 0.6 is 0 Å². The molecule has 0 aliphatic heterocycles. The van der Waals surface area contributed by atoms with Gasteiger partial charge in [0.25, 0.3) is 5.91 Å². The lowest BCUT2D eigenvalue weighted by molar-refractivity contribution is 0.1000. The van der Waals surface area contributed by atoms with Gasteiger partial charge in [0.15, 0.2) is 5.82 Å². The van der Waals surface area contributed by atoms with Gasteiger partial charge in [0, 0.05) is 28.3 Å². The number of hydrogen-bond donors (Lipinski definition) is 3. The molecular weight excluding hydrogens is 330 g/mol. The monoisotopic (exact) mass is 347 g/mol. The van der Waals surface area contributed by atoms with E-state index >= 15 is 0 Å². The number of carbonyl (C=O) groups excluding carboxylic acids is 2. The molecule has 0 radical (unpaired) electrons. The maximum Gasteiger partial charge on any atom is 0.255 e. The van der Waals surface area contributed by atoms with Crippen molar-refractivity contribution >= 4 is 17.5 Å². The van der Waals surface area contributed by atoms with Crippen LogP contribution in [0, 0.1) is 0 Å². The number of carbonyl (C=O) groups is 2. The minimum absolute atomic E-state index is 0.295. The van der Waals surface area contributed by atoms with Crippen molar-refractivity contribution in [3.63, 3.8) is 0 Å². The Labute approximate surface area is 149 Å². The summed E-state index contributed by atoms with van der Waals surface area (Å²) in [5.74, 6) is 1.23. The van der Waals surface area contributed by atoms with E-state index in [4.69, 9.17) is 5.73 Å². The maximum absolute atomic E-state index is 12.3. The smallest absolute Gasteiger partial charge is 0.255 e. The van der Waals surface area contributed by atoms with Gasteiger partial charge in [-0.2, -0.15) is 5.10 Å². The number of H-pyrrole nitrogens is 1. The third-order valence-electron chi connectivity index (χ3n) is 4.28. The van der Waals surface area contributed by atoms with E-state index in [1.165, 1.54) is 6.07 Å².